The van der Waals surface area contributed by atoms with E-state index in [4.69, 9.17) is 24.5 Å². The van der Waals surface area contributed by atoms with Crippen LogP contribution in [0.4, 0.5) is 0 Å². The van der Waals surface area contributed by atoms with E-state index in [0.29, 0.717) is 43.6 Å². The lowest BCUT2D eigenvalue weighted by atomic mass is 10.0. The lowest BCUT2D eigenvalue weighted by Crippen LogP contribution is -2.00. The zero-order chi connectivity index (χ0) is 38.7. The fourth-order valence-corrected chi connectivity index (χ4v) is 7.05. The Balaban J connectivity index is 1.16. The van der Waals surface area contributed by atoms with Gasteiger partial charge in [-0.25, -0.2) is 15.0 Å². The second-order valence-electron chi connectivity index (χ2n) is 11.5. The predicted molar refractivity (Wildman–Crippen MR) is 205 cm³/mol. The van der Waals surface area contributed by atoms with E-state index in [1.165, 1.54) is 0 Å². The monoisotopic (exact) mass is 650 g/mol. The molecule has 0 aliphatic heterocycles. The Labute approximate surface area is 298 Å². The number of hydrogen-bond acceptors (Lipinski definition) is 4. The average molecular weight is 651 g/mol. The van der Waals surface area contributed by atoms with Gasteiger partial charge in [-0.2, -0.15) is 0 Å². The molecule has 0 unspecified atom stereocenters. The molecule has 0 aliphatic rings. The van der Waals surface area contributed by atoms with Crippen LogP contribution in [-0.4, -0.2) is 15.0 Å². The summed E-state index contributed by atoms with van der Waals surface area (Å²) in [6.45, 7) is 0. The van der Waals surface area contributed by atoms with Crippen LogP contribution in [0, 0.1) is 0 Å². The Morgan fingerprint density at radius 3 is 1.29 bits per heavy atom. The minimum atomic E-state index is -0.399. The molecule has 4 heteroatoms. The lowest BCUT2D eigenvalue weighted by molar-refractivity contribution is 1.07. The molecule has 3 nitrogen and oxygen atoms in total. The normalized spacial score (nSPS) is 13.3. The molecule has 0 saturated heterocycles. The maximum Gasteiger partial charge on any atom is 0.164 e. The van der Waals surface area contributed by atoms with Crippen molar-refractivity contribution in [1.82, 2.24) is 15.0 Å². The van der Waals surface area contributed by atoms with Crippen molar-refractivity contribution >= 4 is 31.5 Å². The minimum absolute atomic E-state index is 0.153. The summed E-state index contributed by atoms with van der Waals surface area (Å²) in [5, 5.41) is 0.451. The van der Waals surface area contributed by atoms with Gasteiger partial charge in [-0.05, 0) is 39.4 Å². The molecule has 0 fully saturated rings. The van der Waals surface area contributed by atoms with Crippen LogP contribution in [0.2, 0.25) is 0 Å². The topological polar surface area (TPSA) is 38.7 Å². The van der Waals surface area contributed by atoms with Crippen molar-refractivity contribution in [2.75, 3.05) is 0 Å². The number of fused-ring (bicyclic) bond motifs is 3. The Morgan fingerprint density at radius 2 is 0.776 bits per heavy atom. The molecule has 2 aromatic heterocycles. The van der Waals surface area contributed by atoms with Crippen LogP contribution in [0.1, 0.15) is 9.60 Å². The Hall–Kier alpha value is -6.23. The van der Waals surface area contributed by atoms with E-state index in [0.717, 1.165) is 44.7 Å². The first-order valence-electron chi connectivity index (χ1n) is 19.3. The Bertz CT molecular complexity index is 2850. The van der Waals surface area contributed by atoms with Crippen LogP contribution >= 0.6 is 11.3 Å². The molecule has 0 amide bonds. The average Bonchev–Trinajstić information content (AvgIpc) is 3.65. The number of aromatic nitrogens is 3. The van der Waals surface area contributed by atoms with E-state index in [9.17, 15) is 0 Å². The maximum atomic E-state index is 8.92. The molecule has 230 valence electrons. The Morgan fingerprint density at radius 1 is 0.367 bits per heavy atom. The highest BCUT2D eigenvalue weighted by Crippen LogP contribution is 2.40. The van der Waals surface area contributed by atoms with Crippen LogP contribution in [0.3, 0.4) is 0 Å². The van der Waals surface area contributed by atoms with Crippen LogP contribution in [0.5, 0.6) is 0 Å². The Kier molecular flexibility index (Phi) is 5.67. The first kappa shape index (κ1) is 22.4. The maximum absolute atomic E-state index is 8.92. The van der Waals surface area contributed by atoms with Gasteiger partial charge in [0.05, 0.1) is 9.60 Å². The summed E-state index contributed by atoms with van der Waals surface area (Å²) < 4.78 is 60.7. The van der Waals surface area contributed by atoms with E-state index in [1.54, 1.807) is 0 Å². The van der Waals surface area contributed by atoms with Crippen LogP contribution in [0.25, 0.3) is 87.7 Å². The summed E-state index contributed by atoms with van der Waals surface area (Å²) in [4.78, 5) is 14.8. The van der Waals surface area contributed by atoms with Gasteiger partial charge in [0.25, 0.3) is 0 Å². The number of thiophene rings is 1. The standard InChI is InChI=1S/C45H29N3S/c1-3-10-30(11-4-1)32-18-24-35(25-19-32)43-46-44(36-26-20-33(21-27-36)31-12-5-2-6-13-31)48-45(47-43)37-28-22-34(23-29-37)38-15-9-16-40-39-14-7-8-17-41(39)49-42(38)40/h1-29H/i7D,8D,9D,14D,15D,16D,17D. The van der Waals surface area contributed by atoms with Crippen molar-refractivity contribution in [3.63, 3.8) is 0 Å². The van der Waals surface area contributed by atoms with E-state index in [-0.39, 0.29) is 47.0 Å². The highest BCUT2D eigenvalue weighted by atomic mass is 32.1. The van der Waals surface area contributed by atoms with Crippen LogP contribution in [-0.2, 0) is 0 Å². The quantitative estimate of drug-likeness (QED) is 0.180. The van der Waals surface area contributed by atoms with Gasteiger partial charge in [0.15, 0.2) is 17.5 Å². The second kappa shape index (κ2) is 12.4. The number of rotatable bonds is 6. The van der Waals surface area contributed by atoms with Gasteiger partial charge in [-0.3, -0.25) is 0 Å². The molecule has 49 heavy (non-hydrogen) atoms. The van der Waals surface area contributed by atoms with Crippen LogP contribution < -0.4 is 0 Å². The van der Waals surface area contributed by atoms with E-state index in [1.807, 2.05) is 84.9 Å². The van der Waals surface area contributed by atoms with Crippen molar-refractivity contribution in [3.8, 4) is 67.5 Å². The van der Waals surface area contributed by atoms with Gasteiger partial charge in [-0.1, -0.05) is 170 Å². The molecule has 0 N–H and O–H groups in total. The molecule has 0 radical (unpaired) electrons. The van der Waals surface area contributed by atoms with Gasteiger partial charge in [0.2, 0.25) is 0 Å². The SMILES string of the molecule is [2H]c1c([2H])c([2H])c2c(sc3c(-c4ccc(-c5nc(-c6ccc(-c7ccccc7)cc6)nc(-c6ccc(-c7ccccc7)cc6)n5)cc4)c([2H])c([2H])c([2H])c32)c1[2H]. The fourth-order valence-electron chi connectivity index (χ4n) is 5.97. The summed E-state index contributed by atoms with van der Waals surface area (Å²) in [6, 6.07) is 41.9. The van der Waals surface area contributed by atoms with Gasteiger partial charge in [0.1, 0.15) is 0 Å². The van der Waals surface area contributed by atoms with E-state index >= 15 is 0 Å². The highest BCUT2D eigenvalue weighted by Gasteiger charge is 2.15. The van der Waals surface area contributed by atoms with Crippen molar-refractivity contribution < 1.29 is 9.60 Å². The van der Waals surface area contributed by atoms with Gasteiger partial charge in [0, 0.05) is 36.9 Å². The molecule has 0 spiro atoms. The van der Waals surface area contributed by atoms with Crippen molar-refractivity contribution in [3.05, 3.63) is 176 Å². The van der Waals surface area contributed by atoms with Crippen molar-refractivity contribution in [1.29, 1.82) is 0 Å². The zero-order valence-corrected chi connectivity index (χ0v) is 26.8. The zero-order valence-electron chi connectivity index (χ0n) is 33.0. The molecule has 9 aromatic rings. The molecule has 0 atom stereocenters. The molecule has 9 rings (SSSR count). The molecular weight excluding hydrogens is 615 g/mol. The third-order valence-electron chi connectivity index (χ3n) is 8.50. The fraction of sp³-hybridized carbons (Fsp3) is 0. The number of hydrogen-bond donors (Lipinski definition) is 0. The number of benzene rings is 7. The van der Waals surface area contributed by atoms with Crippen molar-refractivity contribution in [2.24, 2.45) is 0 Å². The molecular formula is C45H29N3S. The summed E-state index contributed by atoms with van der Waals surface area (Å²) >= 11 is 1.12. The number of nitrogens with zero attached hydrogens (tertiary/aromatic N) is 3. The molecule has 0 saturated carbocycles. The summed E-state index contributed by atoms with van der Waals surface area (Å²) in [7, 11) is 0. The smallest absolute Gasteiger partial charge is 0.164 e. The molecule has 2 heterocycles. The lowest BCUT2D eigenvalue weighted by Gasteiger charge is -2.10. The van der Waals surface area contributed by atoms with Gasteiger partial charge in [-0.15, -0.1) is 11.3 Å². The van der Waals surface area contributed by atoms with Gasteiger partial charge >= 0.3 is 0 Å². The molecule has 0 bridgehead atoms. The largest absolute Gasteiger partial charge is 0.208 e. The first-order valence-corrected chi connectivity index (χ1v) is 16.6. The van der Waals surface area contributed by atoms with Crippen LogP contribution in [0.15, 0.2) is 176 Å². The first-order chi connectivity index (χ1) is 27.2. The third-order valence-corrected chi connectivity index (χ3v) is 9.63. The second-order valence-corrected chi connectivity index (χ2v) is 12.6. The molecule has 0 aliphatic carbocycles. The predicted octanol–water partition coefficient (Wildman–Crippen LogP) is 12.2. The van der Waals surface area contributed by atoms with Gasteiger partial charge < -0.3 is 0 Å². The summed E-state index contributed by atoms with van der Waals surface area (Å²) in [5.74, 6) is 1.46. The minimum Gasteiger partial charge on any atom is -0.208 e. The van der Waals surface area contributed by atoms with E-state index in [2.05, 4.69) is 48.5 Å². The summed E-state index contributed by atoms with van der Waals surface area (Å²) in [5.41, 5.74) is 7.70. The molecule has 7 aromatic carbocycles. The van der Waals surface area contributed by atoms with Crippen molar-refractivity contribution in [2.45, 2.75) is 0 Å². The summed E-state index contributed by atoms with van der Waals surface area (Å²) in [6.07, 6.45) is 0. The third kappa shape index (κ3) is 5.58. The highest BCUT2D eigenvalue weighted by molar-refractivity contribution is 7.26. The van der Waals surface area contributed by atoms with E-state index < -0.39 is 6.04 Å².